The third kappa shape index (κ3) is 5.04. The molecule has 232 valence electrons. The molecule has 2 aromatic carbocycles. The largest absolute Gasteiger partial charge is 0.390 e. The lowest BCUT2D eigenvalue weighted by atomic mass is 9.70. The van der Waals surface area contributed by atoms with Crippen LogP contribution < -0.4 is 9.80 Å². The minimum absolute atomic E-state index is 0.0785. The van der Waals surface area contributed by atoms with Crippen LogP contribution in [0.5, 0.6) is 0 Å². The Morgan fingerprint density at radius 3 is 2.66 bits per heavy atom. The Morgan fingerprint density at radius 2 is 1.95 bits per heavy atom. The molecule has 0 saturated carbocycles. The molecular weight excluding hydrogens is 558 g/mol. The van der Waals surface area contributed by atoms with Crippen molar-refractivity contribution in [3.63, 3.8) is 0 Å². The molecule has 0 unspecified atom stereocenters. The van der Waals surface area contributed by atoms with Gasteiger partial charge >= 0.3 is 0 Å². The van der Waals surface area contributed by atoms with Crippen LogP contribution in [0.1, 0.15) is 69.4 Å². The van der Waals surface area contributed by atoms with E-state index < -0.39 is 23.4 Å². The van der Waals surface area contributed by atoms with Crippen LogP contribution >= 0.6 is 0 Å². The first kappa shape index (κ1) is 30.2. The molecule has 44 heavy (non-hydrogen) atoms. The van der Waals surface area contributed by atoms with E-state index in [1.165, 1.54) is 0 Å². The molecule has 5 atom stereocenters. The smallest absolute Gasteiger partial charge is 0.264 e. The first-order valence-corrected chi connectivity index (χ1v) is 15.5. The van der Waals surface area contributed by atoms with E-state index in [1.807, 2.05) is 55.5 Å². The van der Waals surface area contributed by atoms with Gasteiger partial charge in [-0.2, -0.15) is 0 Å². The molecule has 2 saturated heterocycles. The molecule has 0 bridgehead atoms. The molecule has 1 aromatic heterocycles. The number of carbonyl (C=O) groups excluding carboxylic acids is 2. The Morgan fingerprint density at radius 1 is 1.18 bits per heavy atom. The molecule has 6 rings (SSSR count). The first-order valence-electron chi connectivity index (χ1n) is 15.5. The maximum atomic E-state index is 14.4. The van der Waals surface area contributed by atoms with Crippen LogP contribution in [0.25, 0.3) is 0 Å². The summed E-state index contributed by atoms with van der Waals surface area (Å²) in [7, 11) is 0. The second-order valence-corrected chi connectivity index (χ2v) is 12.8. The van der Waals surface area contributed by atoms with E-state index in [4.69, 9.17) is 4.74 Å². The summed E-state index contributed by atoms with van der Waals surface area (Å²) in [5.41, 5.74) is 0.889. The summed E-state index contributed by atoms with van der Waals surface area (Å²) < 4.78 is 8.55. The van der Waals surface area contributed by atoms with Crippen LogP contribution in [0.15, 0.2) is 67.4 Å². The normalized spacial score (nSPS) is 26.0. The number of nitrogens with zero attached hydrogens (tertiary/aromatic N) is 5. The van der Waals surface area contributed by atoms with Gasteiger partial charge in [0.2, 0.25) is 5.91 Å². The molecule has 2 fully saturated rings. The zero-order valence-electron chi connectivity index (χ0n) is 25.6. The maximum Gasteiger partial charge on any atom is 0.264 e. The number of hydrogen-bond donors (Lipinski definition) is 2. The highest BCUT2D eigenvalue weighted by molar-refractivity contribution is 6.08. The second-order valence-electron chi connectivity index (χ2n) is 12.8. The summed E-state index contributed by atoms with van der Waals surface area (Å²) in [6, 6.07) is 15.0. The van der Waals surface area contributed by atoms with Gasteiger partial charge in [-0.1, -0.05) is 48.5 Å². The molecule has 4 heterocycles. The van der Waals surface area contributed by atoms with Crippen molar-refractivity contribution in [3.05, 3.63) is 84.2 Å². The van der Waals surface area contributed by atoms with Gasteiger partial charge < -0.3 is 24.7 Å². The Bertz CT molecular complexity index is 1550. The Kier molecular flexibility index (Phi) is 7.94. The van der Waals surface area contributed by atoms with Gasteiger partial charge in [0.05, 0.1) is 23.6 Å². The van der Waals surface area contributed by atoms with Gasteiger partial charge in [-0.05, 0) is 56.9 Å². The highest BCUT2D eigenvalue weighted by atomic mass is 16.5. The number of hydrogen-bond acceptors (Lipinski definition) is 7. The summed E-state index contributed by atoms with van der Waals surface area (Å²) in [6.07, 6.45) is 4.79. The van der Waals surface area contributed by atoms with Crippen molar-refractivity contribution in [2.24, 2.45) is 11.8 Å². The number of aliphatic hydroxyl groups is 2. The van der Waals surface area contributed by atoms with Crippen molar-refractivity contribution < 1.29 is 24.5 Å². The van der Waals surface area contributed by atoms with Crippen molar-refractivity contribution in [1.82, 2.24) is 15.0 Å². The molecule has 0 radical (unpaired) electrons. The fourth-order valence-corrected chi connectivity index (χ4v) is 7.51. The maximum absolute atomic E-state index is 14.4. The van der Waals surface area contributed by atoms with Crippen molar-refractivity contribution in [3.8, 4) is 0 Å². The van der Waals surface area contributed by atoms with E-state index in [1.54, 1.807) is 40.6 Å². The molecular formula is C34H41N5O5. The number of aryl methyl sites for hydroxylation is 1. The van der Waals surface area contributed by atoms with Crippen molar-refractivity contribution in [2.45, 2.75) is 76.4 Å². The number of amides is 2. The fraction of sp³-hybridized carbons (Fsp3) is 0.471. The lowest BCUT2D eigenvalue weighted by molar-refractivity contribution is -0.146. The van der Waals surface area contributed by atoms with Gasteiger partial charge in [-0.3, -0.25) is 14.3 Å². The molecule has 3 aliphatic rings. The topological polar surface area (TPSA) is 121 Å². The highest BCUT2D eigenvalue weighted by Crippen LogP contribution is 2.58. The van der Waals surface area contributed by atoms with E-state index in [2.05, 4.69) is 16.9 Å². The molecule has 3 aromatic rings. The molecule has 1 spiro atoms. The predicted octanol–water partition coefficient (Wildman–Crippen LogP) is 4.12. The van der Waals surface area contributed by atoms with Crippen molar-refractivity contribution in [2.75, 3.05) is 22.9 Å². The van der Waals surface area contributed by atoms with Crippen LogP contribution in [-0.4, -0.2) is 61.8 Å². The van der Waals surface area contributed by atoms with Crippen LogP contribution in [0.3, 0.4) is 0 Å². The number of aliphatic hydroxyl groups excluding tert-OH is 1. The van der Waals surface area contributed by atoms with E-state index in [0.29, 0.717) is 38.2 Å². The summed E-state index contributed by atoms with van der Waals surface area (Å²) in [5.74, 6) is -0.879. The standard InChI is InChI=1S/C34H41N5O5/c1-5-17-39-27-15-14-24(38-18-10-9-13-29(38)40)20-25(27)34(32(39)42)22(2)30(33(3,4)43)28(44-34)16-19-37-21-26(35-36-37)31(41)23-11-7-6-8-12-23/h5-8,11-12,14-15,20-22,28,30-31,41,43H,1,9-10,13,16-19H2,2-4H3/t22-,28+,30-,31-,34+/m1/s1. The van der Waals surface area contributed by atoms with Gasteiger partial charge in [-0.15, -0.1) is 11.7 Å². The minimum Gasteiger partial charge on any atom is -0.390 e. The quantitative estimate of drug-likeness (QED) is 0.355. The van der Waals surface area contributed by atoms with Gasteiger partial charge in [0.1, 0.15) is 11.8 Å². The van der Waals surface area contributed by atoms with Crippen LogP contribution in [0.2, 0.25) is 0 Å². The molecule has 2 N–H and O–H groups in total. The van der Waals surface area contributed by atoms with Crippen LogP contribution in [-0.2, 0) is 26.5 Å². The Labute approximate surface area is 257 Å². The number of ether oxygens (including phenoxy) is 1. The monoisotopic (exact) mass is 599 g/mol. The summed E-state index contributed by atoms with van der Waals surface area (Å²) in [4.78, 5) is 30.7. The van der Waals surface area contributed by atoms with Crippen molar-refractivity contribution in [1.29, 1.82) is 0 Å². The highest BCUT2D eigenvalue weighted by Gasteiger charge is 2.65. The molecule has 2 amide bonds. The Hall–Kier alpha value is -3.86. The van der Waals surface area contributed by atoms with Gasteiger partial charge in [0, 0.05) is 49.1 Å². The van der Waals surface area contributed by atoms with Crippen LogP contribution in [0, 0.1) is 11.8 Å². The number of anilines is 2. The lowest BCUT2D eigenvalue weighted by Crippen LogP contribution is -2.46. The number of piperidine rings is 1. The zero-order chi connectivity index (χ0) is 31.2. The van der Waals surface area contributed by atoms with Gasteiger partial charge in [0.15, 0.2) is 5.60 Å². The molecule has 3 aliphatic heterocycles. The van der Waals surface area contributed by atoms with E-state index >= 15 is 0 Å². The van der Waals surface area contributed by atoms with Gasteiger partial charge in [0.25, 0.3) is 5.91 Å². The Balaban J connectivity index is 1.32. The lowest BCUT2D eigenvalue weighted by Gasteiger charge is -2.34. The minimum atomic E-state index is -1.33. The zero-order valence-corrected chi connectivity index (χ0v) is 25.6. The summed E-state index contributed by atoms with van der Waals surface area (Å²) in [6.45, 7) is 10.7. The average Bonchev–Trinajstić information content (AvgIpc) is 3.67. The average molecular weight is 600 g/mol. The third-order valence-electron chi connectivity index (χ3n) is 9.51. The number of rotatable bonds is 9. The second kappa shape index (κ2) is 11.6. The number of fused-ring (bicyclic) bond motifs is 2. The SMILES string of the molecule is C=CCN1C(=O)[C@@]2(O[C@@H](CCn3cc([C@H](O)c4ccccc4)nn3)[C@H](C(C)(C)O)[C@H]2C)c2cc(N3CCCCC3=O)ccc21. The molecule has 10 nitrogen and oxygen atoms in total. The molecule has 10 heteroatoms. The number of carbonyl (C=O) groups is 2. The van der Waals surface area contributed by atoms with E-state index in [9.17, 15) is 19.8 Å². The fourth-order valence-electron chi connectivity index (χ4n) is 7.51. The first-order chi connectivity index (χ1) is 21.1. The van der Waals surface area contributed by atoms with Gasteiger partial charge in [-0.25, -0.2) is 0 Å². The van der Waals surface area contributed by atoms with Crippen molar-refractivity contribution >= 4 is 23.2 Å². The molecule has 0 aliphatic carbocycles. The summed E-state index contributed by atoms with van der Waals surface area (Å²) in [5, 5.41) is 30.7. The number of benzene rings is 2. The third-order valence-corrected chi connectivity index (χ3v) is 9.51. The van der Waals surface area contributed by atoms with E-state index in [-0.39, 0.29) is 23.7 Å². The summed E-state index contributed by atoms with van der Waals surface area (Å²) >= 11 is 0. The van der Waals surface area contributed by atoms with Crippen LogP contribution in [0.4, 0.5) is 11.4 Å². The predicted molar refractivity (Wildman–Crippen MR) is 166 cm³/mol. The van der Waals surface area contributed by atoms with E-state index in [0.717, 1.165) is 35.3 Å². The number of aromatic nitrogens is 3.